The van der Waals surface area contributed by atoms with E-state index in [1.807, 2.05) is 36.4 Å². The Balaban J connectivity index is 0.00000294. The molecule has 1 aliphatic rings. The van der Waals surface area contributed by atoms with Gasteiger partial charge in [0.25, 0.3) is 5.91 Å². The smallest absolute Gasteiger partial charge is 0.256 e. The minimum atomic E-state index is -0.188. The molecule has 0 saturated carbocycles. The molecule has 0 fully saturated rings. The van der Waals surface area contributed by atoms with Gasteiger partial charge in [0.1, 0.15) is 10.0 Å². The maximum atomic E-state index is 13.3. The lowest BCUT2D eigenvalue weighted by molar-refractivity contribution is 0.102. The Kier molecular flexibility index (Phi) is 7.72. The zero-order valence-corrected chi connectivity index (χ0v) is 23.2. The quantitative estimate of drug-likeness (QED) is 0.222. The highest BCUT2D eigenvalue weighted by Gasteiger charge is 2.27. The highest BCUT2D eigenvalue weighted by molar-refractivity contribution is 7.23. The van der Waals surface area contributed by atoms with Crippen LogP contribution >= 0.6 is 35.1 Å². The number of ketones is 1. The summed E-state index contributed by atoms with van der Waals surface area (Å²) in [7, 11) is 0. The van der Waals surface area contributed by atoms with Gasteiger partial charge >= 0.3 is 0 Å². The number of fused-ring (bicyclic) bond motifs is 2. The molecule has 0 saturated heterocycles. The number of benzene rings is 3. The zero-order chi connectivity index (χ0) is 25.4. The van der Waals surface area contributed by atoms with Crippen LogP contribution in [0.25, 0.3) is 20.8 Å². The van der Waals surface area contributed by atoms with Crippen LogP contribution in [0.4, 0.5) is 5.00 Å². The van der Waals surface area contributed by atoms with Crippen LogP contribution in [0.3, 0.4) is 0 Å². The van der Waals surface area contributed by atoms with Crippen molar-refractivity contribution >= 4 is 62.0 Å². The molecule has 1 N–H and O–H groups in total. The minimum Gasteiger partial charge on any atom is -0.313 e. The van der Waals surface area contributed by atoms with Crippen LogP contribution in [0.1, 0.15) is 43.6 Å². The molecule has 192 valence electrons. The van der Waals surface area contributed by atoms with Gasteiger partial charge in [-0.25, -0.2) is 4.98 Å². The number of thiazole rings is 1. The van der Waals surface area contributed by atoms with Crippen LogP contribution in [0.5, 0.6) is 0 Å². The Morgan fingerprint density at radius 2 is 1.58 bits per heavy atom. The van der Waals surface area contributed by atoms with E-state index in [9.17, 15) is 9.59 Å². The van der Waals surface area contributed by atoms with Gasteiger partial charge in [0.05, 0.1) is 10.2 Å². The molecule has 0 bridgehead atoms. The van der Waals surface area contributed by atoms with E-state index < -0.39 is 0 Å². The lowest BCUT2D eigenvalue weighted by Gasteiger charge is -2.25. The van der Waals surface area contributed by atoms with Crippen LogP contribution in [0, 0.1) is 0 Å². The molecule has 2 aromatic heterocycles. The Labute approximate surface area is 235 Å². The average Bonchev–Trinajstić information content (AvgIpc) is 3.53. The first-order chi connectivity index (χ1) is 18.1. The normalized spacial score (nSPS) is 13.1. The number of carbonyl (C=O) groups is 2. The van der Waals surface area contributed by atoms with E-state index in [0.29, 0.717) is 16.7 Å². The third kappa shape index (κ3) is 5.02. The standard InChI is InChI=1S/C30H25N3O2S2.ClH/c1-2-33-17-16-22-25(18-33)37-30(26(22)29-31-23-10-6-7-11-24(23)36-29)32-28(35)21-14-12-20(13-15-21)27(34)19-8-4-3-5-9-19;/h3-15H,2,16-18H2,1H3,(H,32,35);1H. The number of amides is 1. The monoisotopic (exact) mass is 559 g/mol. The number of halogens is 1. The zero-order valence-electron chi connectivity index (χ0n) is 20.8. The molecule has 0 aliphatic carbocycles. The van der Waals surface area contributed by atoms with Gasteiger partial charge in [-0.15, -0.1) is 35.1 Å². The van der Waals surface area contributed by atoms with Gasteiger partial charge in [-0.05, 0) is 42.8 Å². The lowest BCUT2D eigenvalue weighted by atomic mass is 10.0. The van der Waals surface area contributed by atoms with Gasteiger partial charge in [-0.2, -0.15) is 0 Å². The molecule has 3 aromatic carbocycles. The highest BCUT2D eigenvalue weighted by Crippen LogP contribution is 2.45. The van der Waals surface area contributed by atoms with Crippen molar-refractivity contribution in [3.8, 4) is 10.6 Å². The predicted octanol–water partition coefficient (Wildman–Crippen LogP) is 7.31. The van der Waals surface area contributed by atoms with Crippen molar-refractivity contribution in [2.45, 2.75) is 19.9 Å². The van der Waals surface area contributed by atoms with Crippen molar-refractivity contribution in [3.05, 3.63) is 106 Å². The summed E-state index contributed by atoms with van der Waals surface area (Å²) in [5, 5.41) is 4.97. The van der Waals surface area contributed by atoms with Crippen LogP contribution in [0.2, 0.25) is 0 Å². The van der Waals surface area contributed by atoms with E-state index in [0.717, 1.165) is 51.8 Å². The predicted molar refractivity (Wildman–Crippen MR) is 159 cm³/mol. The summed E-state index contributed by atoms with van der Waals surface area (Å²) < 4.78 is 1.14. The molecule has 8 heteroatoms. The number of carbonyl (C=O) groups excluding carboxylic acids is 2. The molecule has 38 heavy (non-hydrogen) atoms. The van der Waals surface area contributed by atoms with Crippen LogP contribution in [-0.4, -0.2) is 34.7 Å². The Bertz CT molecular complexity index is 1580. The van der Waals surface area contributed by atoms with Crippen molar-refractivity contribution in [1.29, 1.82) is 0 Å². The topological polar surface area (TPSA) is 62.3 Å². The first-order valence-electron chi connectivity index (χ1n) is 12.3. The molecule has 5 aromatic rings. The first kappa shape index (κ1) is 26.3. The number of anilines is 1. The Morgan fingerprint density at radius 1 is 0.895 bits per heavy atom. The van der Waals surface area contributed by atoms with Gasteiger partial charge in [0.15, 0.2) is 5.78 Å². The number of thiophene rings is 1. The van der Waals surface area contributed by atoms with Crippen LogP contribution < -0.4 is 5.32 Å². The fraction of sp³-hybridized carbons (Fsp3) is 0.167. The summed E-state index contributed by atoms with van der Waals surface area (Å²) in [6.45, 7) is 5.08. The Hall–Kier alpha value is -3.36. The number of nitrogens with zero attached hydrogens (tertiary/aromatic N) is 2. The summed E-state index contributed by atoms with van der Waals surface area (Å²) in [6, 6.07) is 24.2. The number of rotatable bonds is 6. The van der Waals surface area contributed by atoms with Crippen molar-refractivity contribution in [3.63, 3.8) is 0 Å². The van der Waals surface area contributed by atoms with Gasteiger partial charge in [-0.3, -0.25) is 14.5 Å². The summed E-state index contributed by atoms with van der Waals surface area (Å²) >= 11 is 3.32. The SMILES string of the molecule is CCN1CCc2c(sc(NC(=O)c3ccc(C(=O)c4ccccc4)cc3)c2-c2nc3ccccc3s2)C1.Cl. The van der Waals surface area contributed by atoms with Gasteiger partial charge < -0.3 is 5.32 Å². The molecule has 1 amide bonds. The number of hydrogen-bond donors (Lipinski definition) is 1. The molecule has 0 radical (unpaired) electrons. The minimum absolute atomic E-state index is 0. The number of para-hydroxylation sites is 1. The van der Waals surface area contributed by atoms with Crippen molar-refractivity contribution in [2.24, 2.45) is 0 Å². The van der Waals surface area contributed by atoms with Gasteiger partial charge in [0, 0.05) is 40.2 Å². The van der Waals surface area contributed by atoms with Crippen molar-refractivity contribution < 1.29 is 9.59 Å². The number of likely N-dealkylation sites (N-methyl/N-ethyl adjacent to an activating group) is 1. The maximum Gasteiger partial charge on any atom is 0.256 e. The molecule has 0 atom stereocenters. The maximum absolute atomic E-state index is 13.3. The van der Waals surface area contributed by atoms with Crippen LogP contribution in [-0.2, 0) is 13.0 Å². The van der Waals surface area contributed by atoms with E-state index in [1.165, 1.54) is 10.4 Å². The number of hydrogen-bond acceptors (Lipinski definition) is 6. The second kappa shape index (κ2) is 11.2. The summed E-state index contributed by atoms with van der Waals surface area (Å²) in [5.74, 6) is -0.246. The third-order valence-electron chi connectivity index (χ3n) is 6.76. The molecule has 3 heterocycles. The number of aromatic nitrogens is 1. The van der Waals surface area contributed by atoms with E-state index in [4.69, 9.17) is 4.98 Å². The second-order valence-corrected chi connectivity index (χ2v) is 11.2. The fourth-order valence-corrected chi connectivity index (χ4v) is 7.12. The summed E-state index contributed by atoms with van der Waals surface area (Å²) in [5.41, 5.74) is 5.04. The van der Waals surface area contributed by atoms with E-state index in [2.05, 4.69) is 23.2 Å². The second-order valence-electron chi connectivity index (χ2n) is 9.04. The number of nitrogens with one attached hydrogen (secondary N) is 1. The van der Waals surface area contributed by atoms with Crippen LogP contribution in [0.15, 0.2) is 78.9 Å². The van der Waals surface area contributed by atoms with Crippen molar-refractivity contribution in [2.75, 3.05) is 18.4 Å². The highest BCUT2D eigenvalue weighted by atomic mass is 35.5. The van der Waals surface area contributed by atoms with E-state index in [1.54, 1.807) is 59.1 Å². The largest absolute Gasteiger partial charge is 0.313 e. The van der Waals surface area contributed by atoms with E-state index >= 15 is 0 Å². The first-order valence-corrected chi connectivity index (χ1v) is 14.0. The molecule has 0 unspecified atom stereocenters. The molecular formula is C30H26ClN3O2S2. The molecule has 1 aliphatic heterocycles. The molecule has 6 rings (SSSR count). The molecular weight excluding hydrogens is 534 g/mol. The molecule has 5 nitrogen and oxygen atoms in total. The lowest BCUT2D eigenvalue weighted by Crippen LogP contribution is -2.29. The molecule has 0 spiro atoms. The summed E-state index contributed by atoms with van der Waals surface area (Å²) in [4.78, 5) is 34.7. The van der Waals surface area contributed by atoms with Gasteiger partial charge in [0.2, 0.25) is 0 Å². The fourth-order valence-electron chi connectivity index (χ4n) is 4.72. The summed E-state index contributed by atoms with van der Waals surface area (Å²) in [6.07, 6.45) is 0.942. The van der Waals surface area contributed by atoms with Gasteiger partial charge in [-0.1, -0.05) is 61.5 Å². The average molecular weight is 560 g/mol. The third-order valence-corrected chi connectivity index (χ3v) is 8.95. The van der Waals surface area contributed by atoms with E-state index in [-0.39, 0.29) is 24.1 Å². The Morgan fingerprint density at radius 3 is 2.32 bits per heavy atom. The van der Waals surface area contributed by atoms with Crippen molar-refractivity contribution in [1.82, 2.24) is 9.88 Å².